The van der Waals surface area contributed by atoms with Gasteiger partial charge in [-0.15, -0.1) is 11.3 Å². The third-order valence-corrected chi connectivity index (χ3v) is 5.81. The molecule has 0 aromatic carbocycles. The summed E-state index contributed by atoms with van der Waals surface area (Å²) in [6.45, 7) is 4.36. The van der Waals surface area contributed by atoms with Crippen molar-refractivity contribution in [1.82, 2.24) is 10.3 Å². The average molecular weight is 296 g/mol. The average Bonchev–Trinajstić information content (AvgIpc) is 2.93. The molecule has 1 aromatic rings. The lowest BCUT2D eigenvalue weighted by Crippen LogP contribution is -2.36. The number of thiazole rings is 1. The first kappa shape index (κ1) is 14.4. The van der Waals surface area contributed by atoms with Crippen LogP contribution in [-0.4, -0.2) is 31.9 Å². The van der Waals surface area contributed by atoms with Crippen LogP contribution in [0.3, 0.4) is 0 Å². The van der Waals surface area contributed by atoms with Crippen LogP contribution in [0.4, 0.5) is 0 Å². The number of nitrogens with one attached hydrogen (secondary N) is 1. The summed E-state index contributed by atoms with van der Waals surface area (Å²) in [5, 5.41) is 4.60. The number of aryl methyl sites for hydroxylation is 1. The Balaban J connectivity index is 1.94. The van der Waals surface area contributed by atoms with E-state index in [2.05, 4.69) is 12.2 Å². The van der Waals surface area contributed by atoms with E-state index in [0.29, 0.717) is 6.04 Å². The van der Waals surface area contributed by atoms with Crippen LogP contribution in [0.1, 0.15) is 54.2 Å². The Labute approximate surface area is 124 Å². The van der Waals surface area contributed by atoms with E-state index in [0.717, 1.165) is 39.1 Å². The third kappa shape index (κ3) is 2.52. The minimum absolute atomic E-state index is 0.201. The Morgan fingerprint density at radius 1 is 1.45 bits per heavy atom. The molecule has 2 heterocycles. The van der Waals surface area contributed by atoms with E-state index >= 15 is 0 Å². The lowest BCUT2D eigenvalue weighted by Gasteiger charge is -2.35. The molecule has 5 heteroatoms. The molecule has 3 rings (SSSR count). The van der Waals surface area contributed by atoms with Gasteiger partial charge in [-0.25, -0.2) is 4.98 Å². The molecule has 1 fully saturated rings. The fraction of sp³-hybridized carbons (Fsp3) is 0.800. The molecule has 112 valence electrons. The normalized spacial score (nSPS) is 25.4. The van der Waals surface area contributed by atoms with Crippen molar-refractivity contribution in [2.24, 2.45) is 0 Å². The van der Waals surface area contributed by atoms with Crippen molar-refractivity contribution in [2.45, 2.75) is 50.7 Å². The molecule has 20 heavy (non-hydrogen) atoms. The molecular formula is C15H24N2O2S. The van der Waals surface area contributed by atoms with Crippen LogP contribution in [0.25, 0.3) is 0 Å². The van der Waals surface area contributed by atoms with Crippen LogP contribution >= 0.6 is 11.3 Å². The van der Waals surface area contributed by atoms with Gasteiger partial charge in [-0.3, -0.25) is 0 Å². The monoisotopic (exact) mass is 296 g/mol. The minimum Gasteiger partial charge on any atom is -0.381 e. The van der Waals surface area contributed by atoms with Crippen molar-refractivity contribution in [3.05, 3.63) is 15.6 Å². The van der Waals surface area contributed by atoms with Gasteiger partial charge in [0, 0.05) is 43.6 Å². The number of hydrogen-bond donors (Lipinski definition) is 1. The van der Waals surface area contributed by atoms with Gasteiger partial charge in [-0.05, 0) is 33.2 Å². The van der Waals surface area contributed by atoms with Crippen LogP contribution in [-0.2, 0) is 21.5 Å². The predicted molar refractivity (Wildman–Crippen MR) is 80.2 cm³/mol. The molecule has 4 nitrogen and oxygen atoms in total. The van der Waals surface area contributed by atoms with Crippen LogP contribution in [0.2, 0.25) is 0 Å². The van der Waals surface area contributed by atoms with Gasteiger partial charge in [0.2, 0.25) is 0 Å². The summed E-state index contributed by atoms with van der Waals surface area (Å²) in [5.74, 6) is 0. The molecule has 2 aliphatic rings. The first-order chi connectivity index (χ1) is 9.79. The standard InChI is InChI=1S/C15H24N2O2S/c1-3-19-15(7-9-18-10-8-15)14-17-12-6-4-5-11(16-2)13(12)20-14/h11,16H,3-10H2,1-2H3. The van der Waals surface area contributed by atoms with Crippen molar-refractivity contribution in [2.75, 3.05) is 26.9 Å². The first-order valence-corrected chi connectivity index (χ1v) is 8.50. The van der Waals surface area contributed by atoms with E-state index in [1.54, 1.807) is 0 Å². The Hall–Kier alpha value is -0.490. The largest absolute Gasteiger partial charge is 0.381 e. The van der Waals surface area contributed by atoms with Crippen LogP contribution in [0, 0.1) is 0 Å². The maximum atomic E-state index is 6.15. The van der Waals surface area contributed by atoms with Crippen molar-refractivity contribution >= 4 is 11.3 Å². The van der Waals surface area contributed by atoms with Gasteiger partial charge in [0.15, 0.2) is 0 Å². The molecule has 0 spiro atoms. The predicted octanol–water partition coefficient (Wildman–Crippen LogP) is 2.78. The SMILES string of the molecule is CCOC1(c2nc3c(s2)C(NC)CCC3)CCOCC1. The Bertz CT molecular complexity index is 449. The number of fused-ring (bicyclic) bond motifs is 1. The van der Waals surface area contributed by atoms with Crippen molar-refractivity contribution < 1.29 is 9.47 Å². The van der Waals surface area contributed by atoms with Gasteiger partial charge < -0.3 is 14.8 Å². The van der Waals surface area contributed by atoms with Gasteiger partial charge in [0.25, 0.3) is 0 Å². The second-order valence-electron chi connectivity index (χ2n) is 5.60. The fourth-order valence-corrected chi connectivity index (χ4v) is 4.74. The molecule has 1 aromatic heterocycles. The highest BCUT2D eigenvalue weighted by atomic mass is 32.1. The molecule has 1 aliphatic heterocycles. The second kappa shape index (κ2) is 6.10. The Morgan fingerprint density at radius 3 is 2.95 bits per heavy atom. The quantitative estimate of drug-likeness (QED) is 0.928. The van der Waals surface area contributed by atoms with Gasteiger partial charge in [-0.2, -0.15) is 0 Å². The summed E-state index contributed by atoms with van der Waals surface area (Å²) in [7, 11) is 2.05. The number of hydrogen-bond acceptors (Lipinski definition) is 5. The van der Waals surface area contributed by atoms with Crippen LogP contribution in [0.5, 0.6) is 0 Å². The minimum atomic E-state index is -0.201. The zero-order valence-electron chi connectivity index (χ0n) is 12.4. The van der Waals surface area contributed by atoms with Crippen molar-refractivity contribution in [1.29, 1.82) is 0 Å². The molecule has 1 aliphatic carbocycles. The lowest BCUT2D eigenvalue weighted by atomic mass is 9.94. The first-order valence-electron chi connectivity index (χ1n) is 7.68. The van der Waals surface area contributed by atoms with E-state index < -0.39 is 0 Å². The maximum absolute atomic E-state index is 6.15. The topological polar surface area (TPSA) is 43.4 Å². The van der Waals surface area contributed by atoms with E-state index in [1.165, 1.54) is 28.4 Å². The molecule has 1 unspecified atom stereocenters. The van der Waals surface area contributed by atoms with E-state index in [1.807, 2.05) is 18.4 Å². The second-order valence-corrected chi connectivity index (χ2v) is 6.63. The van der Waals surface area contributed by atoms with Gasteiger partial charge in [0.1, 0.15) is 10.6 Å². The Morgan fingerprint density at radius 2 is 2.25 bits per heavy atom. The zero-order valence-corrected chi connectivity index (χ0v) is 13.2. The summed E-state index contributed by atoms with van der Waals surface area (Å²) in [6.07, 6.45) is 5.42. The molecule has 0 saturated carbocycles. The van der Waals surface area contributed by atoms with E-state index in [9.17, 15) is 0 Å². The smallest absolute Gasteiger partial charge is 0.125 e. The van der Waals surface area contributed by atoms with Gasteiger partial charge in [-0.1, -0.05) is 0 Å². The number of aromatic nitrogens is 1. The lowest BCUT2D eigenvalue weighted by molar-refractivity contribution is -0.112. The highest BCUT2D eigenvalue weighted by Gasteiger charge is 2.39. The molecule has 0 radical (unpaired) electrons. The molecule has 0 amide bonds. The summed E-state index contributed by atoms with van der Waals surface area (Å²) >= 11 is 1.86. The van der Waals surface area contributed by atoms with Crippen molar-refractivity contribution in [3.63, 3.8) is 0 Å². The zero-order chi connectivity index (χ0) is 14.0. The third-order valence-electron chi connectivity index (χ3n) is 4.41. The number of rotatable bonds is 4. The van der Waals surface area contributed by atoms with E-state index in [4.69, 9.17) is 14.5 Å². The van der Waals surface area contributed by atoms with Crippen molar-refractivity contribution in [3.8, 4) is 0 Å². The van der Waals surface area contributed by atoms with Crippen LogP contribution < -0.4 is 5.32 Å². The summed E-state index contributed by atoms with van der Waals surface area (Å²) in [4.78, 5) is 6.39. The summed E-state index contributed by atoms with van der Waals surface area (Å²) in [5.41, 5.74) is 1.09. The molecule has 1 saturated heterocycles. The molecule has 1 N–H and O–H groups in total. The van der Waals surface area contributed by atoms with E-state index in [-0.39, 0.29) is 5.60 Å². The Kier molecular flexibility index (Phi) is 4.40. The molecular weight excluding hydrogens is 272 g/mol. The number of ether oxygens (including phenoxy) is 2. The summed E-state index contributed by atoms with van der Waals surface area (Å²) in [6, 6.07) is 0.475. The van der Waals surface area contributed by atoms with Crippen LogP contribution in [0.15, 0.2) is 0 Å². The van der Waals surface area contributed by atoms with Gasteiger partial charge >= 0.3 is 0 Å². The highest BCUT2D eigenvalue weighted by Crippen LogP contribution is 2.42. The van der Waals surface area contributed by atoms with Gasteiger partial charge in [0.05, 0.1) is 5.69 Å². The highest BCUT2D eigenvalue weighted by molar-refractivity contribution is 7.12. The number of nitrogens with zero attached hydrogens (tertiary/aromatic N) is 1. The maximum Gasteiger partial charge on any atom is 0.125 e. The molecule has 1 atom stereocenters. The summed E-state index contributed by atoms with van der Waals surface area (Å²) < 4.78 is 11.7. The molecule has 0 bridgehead atoms. The fourth-order valence-electron chi connectivity index (χ4n) is 3.29.